The average Bonchev–Trinajstić information content (AvgIpc) is 2.59. The van der Waals surface area contributed by atoms with Gasteiger partial charge in [-0.3, -0.25) is 0 Å². The maximum atomic E-state index is 6.06. The van der Waals surface area contributed by atoms with Crippen LogP contribution in [0, 0.1) is 6.92 Å². The molecule has 15 heavy (non-hydrogen) atoms. The van der Waals surface area contributed by atoms with Crippen LogP contribution in [-0.2, 0) is 4.74 Å². The van der Waals surface area contributed by atoms with Crippen molar-refractivity contribution in [2.45, 2.75) is 32.4 Å². The van der Waals surface area contributed by atoms with Gasteiger partial charge in [0, 0.05) is 17.3 Å². The van der Waals surface area contributed by atoms with Gasteiger partial charge in [-0.2, -0.15) is 0 Å². The van der Waals surface area contributed by atoms with Crippen LogP contribution in [-0.4, -0.2) is 18.8 Å². The SMILES string of the molecule is Cc1ccc(NC2CCOC2C)cc1Cl. The quantitative estimate of drug-likeness (QED) is 0.835. The van der Waals surface area contributed by atoms with E-state index in [1.54, 1.807) is 0 Å². The van der Waals surface area contributed by atoms with Gasteiger partial charge in [-0.1, -0.05) is 17.7 Å². The Labute approximate surface area is 95.6 Å². The van der Waals surface area contributed by atoms with Gasteiger partial charge in [0.2, 0.25) is 0 Å². The molecule has 3 heteroatoms. The molecule has 1 fully saturated rings. The van der Waals surface area contributed by atoms with Crippen LogP contribution in [0.3, 0.4) is 0 Å². The van der Waals surface area contributed by atoms with Gasteiger partial charge in [0.15, 0.2) is 0 Å². The molecule has 2 rings (SSSR count). The van der Waals surface area contributed by atoms with Gasteiger partial charge < -0.3 is 10.1 Å². The van der Waals surface area contributed by atoms with E-state index in [0.717, 1.165) is 29.3 Å². The number of benzene rings is 1. The lowest BCUT2D eigenvalue weighted by Gasteiger charge is -2.17. The van der Waals surface area contributed by atoms with Crippen molar-refractivity contribution in [3.05, 3.63) is 28.8 Å². The van der Waals surface area contributed by atoms with Crippen molar-refractivity contribution in [1.82, 2.24) is 0 Å². The zero-order valence-corrected chi connectivity index (χ0v) is 9.84. The Morgan fingerprint density at radius 1 is 1.47 bits per heavy atom. The van der Waals surface area contributed by atoms with Crippen LogP contribution >= 0.6 is 11.6 Å². The second-order valence-corrected chi connectivity index (χ2v) is 4.49. The maximum absolute atomic E-state index is 6.06. The van der Waals surface area contributed by atoms with Crippen molar-refractivity contribution in [1.29, 1.82) is 0 Å². The number of anilines is 1. The minimum absolute atomic E-state index is 0.282. The summed E-state index contributed by atoms with van der Waals surface area (Å²) in [5, 5.41) is 4.26. The molecule has 2 atom stereocenters. The number of halogens is 1. The van der Waals surface area contributed by atoms with Crippen LogP contribution in [0.1, 0.15) is 18.9 Å². The van der Waals surface area contributed by atoms with Crippen molar-refractivity contribution in [2.75, 3.05) is 11.9 Å². The van der Waals surface area contributed by atoms with Crippen LogP contribution in [0.4, 0.5) is 5.69 Å². The molecule has 2 nitrogen and oxygen atoms in total. The Bertz CT molecular complexity index is 353. The van der Waals surface area contributed by atoms with Crippen LogP contribution in [0.25, 0.3) is 0 Å². The molecule has 1 aromatic rings. The Kier molecular flexibility index (Phi) is 3.17. The highest BCUT2D eigenvalue weighted by molar-refractivity contribution is 6.31. The third-order valence-electron chi connectivity index (χ3n) is 2.90. The van der Waals surface area contributed by atoms with Crippen molar-refractivity contribution in [3.63, 3.8) is 0 Å². The lowest BCUT2D eigenvalue weighted by Crippen LogP contribution is -2.26. The summed E-state index contributed by atoms with van der Waals surface area (Å²) >= 11 is 6.06. The van der Waals surface area contributed by atoms with Gasteiger partial charge in [-0.15, -0.1) is 0 Å². The van der Waals surface area contributed by atoms with Crippen LogP contribution < -0.4 is 5.32 Å². The predicted octanol–water partition coefficient (Wildman–Crippen LogP) is 3.24. The highest BCUT2D eigenvalue weighted by Crippen LogP contribution is 2.23. The first-order valence-electron chi connectivity index (χ1n) is 5.31. The summed E-state index contributed by atoms with van der Waals surface area (Å²) in [5.41, 5.74) is 2.19. The third-order valence-corrected chi connectivity index (χ3v) is 3.31. The minimum atomic E-state index is 0.282. The molecule has 0 aromatic heterocycles. The van der Waals surface area contributed by atoms with E-state index in [-0.39, 0.29) is 6.10 Å². The summed E-state index contributed by atoms with van der Waals surface area (Å²) < 4.78 is 5.50. The maximum Gasteiger partial charge on any atom is 0.0748 e. The lowest BCUT2D eigenvalue weighted by molar-refractivity contribution is 0.121. The van der Waals surface area contributed by atoms with E-state index in [1.165, 1.54) is 0 Å². The number of ether oxygens (including phenoxy) is 1. The monoisotopic (exact) mass is 225 g/mol. The molecule has 0 aliphatic carbocycles. The summed E-state index contributed by atoms with van der Waals surface area (Å²) in [5.74, 6) is 0. The van der Waals surface area contributed by atoms with E-state index in [0.29, 0.717) is 6.04 Å². The summed E-state index contributed by atoms with van der Waals surface area (Å²) in [4.78, 5) is 0. The van der Waals surface area contributed by atoms with Crippen molar-refractivity contribution in [3.8, 4) is 0 Å². The number of hydrogen-bond acceptors (Lipinski definition) is 2. The van der Waals surface area contributed by atoms with Gasteiger partial charge in [0.25, 0.3) is 0 Å². The molecule has 0 saturated carbocycles. The molecule has 0 spiro atoms. The molecule has 1 N–H and O–H groups in total. The summed E-state index contributed by atoms with van der Waals surface area (Å²) in [6.07, 6.45) is 1.34. The minimum Gasteiger partial charge on any atom is -0.380 e. The Balaban J connectivity index is 2.07. The standard InChI is InChI=1S/C12H16ClNO/c1-8-3-4-10(7-11(8)13)14-12-5-6-15-9(12)2/h3-4,7,9,12,14H,5-6H2,1-2H3. The molecule has 1 aliphatic heterocycles. The van der Waals surface area contributed by atoms with Gasteiger partial charge >= 0.3 is 0 Å². The fourth-order valence-corrected chi connectivity index (χ4v) is 2.00. The molecule has 0 amide bonds. The first-order valence-corrected chi connectivity index (χ1v) is 5.69. The van der Waals surface area contributed by atoms with Gasteiger partial charge in [-0.05, 0) is 38.0 Å². The van der Waals surface area contributed by atoms with Crippen molar-refractivity contribution in [2.24, 2.45) is 0 Å². The highest BCUT2D eigenvalue weighted by Gasteiger charge is 2.23. The Morgan fingerprint density at radius 3 is 2.87 bits per heavy atom. The summed E-state index contributed by atoms with van der Waals surface area (Å²) in [6.45, 7) is 4.95. The Hall–Kier alpha value is -0.730. The molecule has 82 valence electrons. The molecular weight excluding hydrogens is 210 g/mol. The van der Waals surface area contributed by atoms with Crippen molar-refractivity contribution < 1.29 is 4.74 Å². The topological polar surface area (TPSA) is 21.3 Å². The van der Waals surface area contributed by atoms with Crippen molar-refractivity contribution >= 4 is 17.3 Å². The van der Waals surface area contributed by atoms with Crippen LogP contribution in [0.2, 0.25) is 5.02 Å². The molecule has 2 unspecified atom stereocenters. The number of hydrogen-bond donors (Lipinski definition) is 1. The smallest absolute Gasteiger partial charge is 0.0748 e. The summed E-state index contributed by atoms with van der Waals surface area (Å²) in [7, 11) is 0. The molecular formula is C12H16ClNO. The van der Waals surface area contributed by atoms with E-state index in [2.05, 4.69) is 18.3 Å². The van der Waals surface area contributed by atoms with Crippen LogP contribution in [0.15, 0.2) is 18.2 Å². The highest BCUT2D eigenvalue weighted by atomic mass is 35.5. The number of rotatable bonds is 2. The fourth-order valence-electron chi connectivity index (χ4n) is 1.82. The lowest BCUT2D eigenvalue weighted by atomic mass is 10.1. The van der Waals surface area contributed by atoms with Gasteiger partial charge in [0.05, 0.1) is 12.1 Å². The molecule has 1 aliphatic rings. The molecule has 1 saturated heterocycles. The average molecular weight is 226 g/mol. The fraction of sp³-hybridized carbons (Fsp3) is 0.500. The van der Waals surface area contributed by atoms with E-state index in [9.17, 15) is 0 Å². The zero-order chi connectivity index (χ0) is 10.8. The van der Waals surface area contributed by atoms with E-state index >= 15 is 0 Å². The van der Waals surface area contributed by atoms with E-state index in [4.69, 9.17) is 16.3 Å². The molecule has 1 heterocycles. The van der Waals surface area contributed by atoms with Crippen LogP contribution in [0.5, 0.6) is 0 Å². The van der Waals surface area contributed by atoms with E-state index < -0.39 is 0 Å². The molecule has 0 radical (unpaired) electrons. The largest absolute Gasteiger partial charge is 0.380 e. The normalized spacial score (nSPS) is 25.5. The Morgan fingerprint density at radius 2 is 2.27 bits per heavy atom. The summed E-state index contributed by atoms with van der Waals surface area (Å²) in [6, 6.07) is 6.48. The first-order chi connectivity index (χ1) is 7.16. The zero-order valence-electron chi connectivity index (χ0n) is 9.09. The second-order valence-electron chi connectivity index (χ2n) is 4.08. The second kappa shape index (κ2) is 4.42. The van der Waals surface area contributed by atoms with Gasteiger partial charge in [0.1, 0.15) is 0 Å². The molecule has 0 bridgehead atoms. The number of aryl methyl sites for hydroxylation is 1. The van der Waals surface area contributed by atoms with E-state index in [1.807, 2.05) is 19.1 Å². The van der Waals surface area contributed by atoms with Gasteiger partial charge in [-0.25, -0.2) is 0 Å². The number of nitrogens with one attached hydrogen (secondary N) is 1. The predicted molar refractivity (Wildman–Crippen MR) is 63.6 cm³/mol. The third kappa shape index (κ3) is 2.44. The first kappa shape index (κ1) is 10.8. The molecule has 1 aromatic carbocycles.